The van der Waals surface area contributed by atoms with E-state index in [2.05, 4.69) is 35.7 Å². The lowest BCUT2D eigenvalue weighted by atomic mass is 9.97. The minimum atomic E-state index is 0.146. The van der Waals surface area contributed by atoms with Gasteiger partial charge >= 0.3 is 0 Å². The topological polar surface area (TPSA) is 52.2 Å². The first-order chi connectivity index (χ1) is 12.3. The van der Waals surface area contributed by atoms with Crippen molar-refractivity contribution in [3.63, 3.8) is 0 Å². The summed E-state index contributed by atoms with van der Waals surface area (Å²) < 4.78 is 13.8. The summed E-state index contributed by atoms with van der Waals surface area (Å²) in [6, 6.07) is 8.29. The van der Waals surface area contributed by atoms with Crippen molar-refractivity contribution in [1.29, 1.82) is 0 Å². The molecule has 0 saturated carbocycles. The fraction of sp³-hybridized carbons (Fsp3) is 0.450. The Labute approximate surface area is 148 Å². The monoisotopic (exact) mass is 339 g/mol. The Morgan fingerprint density at radius 1 is 1.32 bits per heavy atom. The van der Waals surface area contributed by atoms with Crippen molar-refractivity contribution < 1.29 is 9.15 Å². The van der Waals surface area contributed by atoms with E-state index in [0.29, 0.717) is 5.92 Å². The molecule has 2 aromatic heterocycles. The van der Waals surface area contributed by atoms with Crippen LogP contribution in [0.1, 0.15) is 36.3 Å². The van der Waals surface area contributed by atoms with Gasteiger partial charge in [0.25, 0.3) is 0 Å². The van der Waals surface area contributed by atoms with Crippen LogP contribution in [0.15, 0.2) is 41.1 Å². The lowest BCUT2D eigenvalue weighted by molar-refractivity contribution is 0.0904. The van der Waals surface area contributed by atoms with Crippen LogP contribution < -0.4 is 5.32 Å². The van der Waals surface area contributed by atoms with E-state index in [4.69, 9.17) is 9.15 Å². The number of ether oxygens (including phenoxy) is 1. The van der Waals surface area contributed by atoms with Gasteiger partial charge in [-0.15, -0.1) is 0 Å². The van der Waals surface area contributed by atoms with Gasteiger partial charge in [-0.2, -0.15) is 5.10 Å². The minimum Gasteiger partial charge on any atom is -0.461 e. The number of fused-ring (bicyclic) bond motifs is 1. The largest absolute Gasteiger partial charge is 0.461 e. The first-order valence-corrected chi connectivity index (χ1v) is 9.06. The van der Waals surface area contributed by atoms with Crippen molar-refractivity contribution >= 4 is 11.0 Å². The molecule has 0 spiro atoms. The Balaban J connectivity index is 1.44. The number of furan rings is 1. The molecule has 1 N–H and O–H groups in total. The Morgan fingerprint density at radius 2 is 2.20 bits per heavy atom. The number of aromatic nitrogens is 2. The molecule has 25 heavy (non-hydrogen) atoms. The molecule has 0 bridgehead atoms. The molecule has 0 unspecified atom stereocenters. The molecule has 5 nitrogen and oxygen atoms in total. The average molecular weight is 339 g/mol. The van der Waals surface area contributed by atoms with Gasteiger partial charge in [0.15, 0.2) is 0 Å². The number of aryl methyl sites for hydroxylation is 2. The summed E-state index contributed by atoms with van der Waals surface area (Å²) in [5, 5.41) is 9.13. The maximum absolute atomic E-state index is 5.99. The number of hydrogen-bond acceptors (Lipinski definition) is 4. The maximum Gasteiger partial charge on any atom is 0.134 e. The number of benzene rings is 1. The molecule has 132 valence electrons. The van der Waals surface area contributed by atoms with E-state index in [-0.39, 0.29) is 6.10 Å². The van der Waals surface area contributed by atoms with E-state index in [1.54, 1.807) is 0 Å². The van der Waals surface area contributed by atoms with Crippen LogP contribution in [0.25, 0.3) is 11.0 Å². The second-order valence-corrected chi connectivity index (χ2v) is 6.77. The van der Waals surface area contributed by atoms with Crippen LogP contribution in [0.2, 0.25) is 0 Å². The standard InChI is InChI=1S/C20H25N3O2/c1-3-18-17(16-6-4-5-7-19(16)25-18)12-21-10-14-8-9-24-20(14)15-11-22-23(2)13-15/h4-7,11,13-14,20-21H,3,8-10,12H2,1-2H3/t14-,20-/m0/s1. The Morgan fingerprint density at radius 3 is 3.00 bits per heavy atom. The number of para-hydroxylation sites is 1. The Hall–Kier alpha value is -2.11. The van der Waals surface area contributed by atoms with Crippen LogP contribution in [0.3, 0.4) is 0 Å². The normalized spacial score (nSPS) is 20.6. The molecule has 3 aromatic rings. The van der Waals surface area contributed by atoms with Crippen LogP contribution in [0.5, 0.6) is 0 Å². The highest BCUT2D eigenvalue weighted by molar-refractivity contribution is 5.82. The predicted octanol–water partition coefficient (Wildman–Crippen LogP) is 3.60. The fourth-order valence-corrected chi connectivity index (χ4v) is 3.81. The van der Waals surface area contributed by atoms with Gasteiger partial charge in [-0.3, -0.25) is 4.68 Å². The van der Waals surface area contributed by atoms with E-state index in [9.17, 15) is 0 Å². The zero-order valence-corrected chi connectivity index (χ0v) is 14.9. The van der Waals surface area contributed by atoms with Crippen LogP contribution in [-0.2, 0) is 24.8 Å². The van der Waals surface area contributed by atoms with Gasteiger partial charge in [-0.05, 0) is 12.5 Å². The molecule has 1 saturated heterocycles. The first kappa shape index (κ1) is 16.4. The highest BCUT2D eigenvalue weighted by Gasteiger charge is 2.30. The van der Waals surface area contributed by atoms with Crippen molar-refractivity contribution in [3.8, 4) is 0 Å². The summed E-state index contributed by atoms with van der Waals surface area (Å²) in [5.74, 6) is 1.56. The summed E-state index contributed by atoms with van der Waals surface area (Å²) in [7, 11) is 1.95. The summed E-state index contributed by atoms with van der Waals surface area (Å²) in [4.78, 5) is 0. The number of hydrogen-bond donors (Lipinski definition) is 1. The van der Waals surface area contributed by atoms with E-state index in [0.717, 1.165) is 43.9 Å². The lowest BCUT2D eigenvalue weighted by Gasteiger charge is -2.18. The Bertz CT molecular complexity index is 852. The summed E-state index contributed by atoms with van der Waals surface area (Å²) >= 11 is 0. The molecular weight excluding hydrogens is 314 g/mol. The third kappa shape index (κ3) is 3.22. The van der Waals surface area contributed by atoms with E-state index in [1.165, 1.54) is 16.5 Å². The van der Waals surface area contributed by atoms with E-state index < -0.39 is 0 Å². The van der Waals surface area contributed by atoms with Crippen molar-refractivity contribution in [2.45, 2.75) is 32.4 Å². The molecule has 1 aliphatic rings. The van der Waals surface area contributed by atoms with Gasteiger partial charge in [0.2, 0.25) is 0 Å². The third-order valence-corrected chi connectivity index (χ3v) is 5.08. The SMILES string of the molecule is CCc1oc2ccccc2c1CNC[C@@H]1CCO[C@@H]1c1cnn(C)c1. The molecule has 3 heterocycles. The molecule has 5 heteroatoms. The van der Waals surface area contributed by atoms with Crippen LogP contribution >= 0.6 is 0 Å². The summed E-state index contributed by atoms with van der Waals surface area (Å²) in [6.45, 7) is 4.73. The van der Waals surface area contributed by atoms with Gasteiger partial charge in [0.05, 0.1) is 12.3 Å². The predicted molar refractivity (Wildman–Crippen MR) is 97.3 cm³/mol. The molecule has 0 aliphatic carbocycles. The Kier molecular flexibility index (Phi) is 4.59. The highest BCUT2D eigenvalue weighted by Crippen LogP contribution is 2.34. The second kappa shape index (κ2) is 7.02. The molecule has 1 aromatic carbocycles. The van der Waals surface area contributed by atoms with Crippen LogP contribution in [-0.4, -0.2) is 22.9 Å². The molecule has 4 rings (SSSR count). The number of nitrogens with one attached hydrogen (secondary N) is 1. The van der Waals surface area contributed by atoms with Gasteiger partial charge in [0, 0.05) is 61.8 Å². The van der Waals surface area contributed by atoms with Crippen molar-refractivity contribution in [2.24, 2.45) is 13.0 Å². The minimum absolute atomic E-state index is 0.146. The van der Waals surface area contributed by atoms with Gasteiger partial charge in [-0.25, -0.2) is 0 Å². The average Bonchev–Trinajstić information content (AvgIpc) is 3.33. The van der Waals surface area contributed by atoms with Gasteiger partial charge in [-0.1, -0.05) is 25.1 Å². The molecular formula is C20H25N3O2. The van der Waals surface area contributed by atoms with Crippen molar-refractivity contribution in [2.75, 3.05) is 13.2 Å². The van der Waals surface area contributed by atoms with Crippen molar-refractivity contribution in [3.05, 3.63) is 53.5 Å². The van der Waals surface area contributed by atoms with Gasteiger partial charge in [0.1, 0.15) is 11.3 Å². The van der Waals surface area contributed by atoms with Gasteiger partial charge < -0.3 is 14.5 Å². The lowest BCUT2D eigenvalue weighted by Crippen LogP contribution is -2.24. The van der Waals surface area contributed by atoms with E-state index in [1.807, 2.05) is 30.1 Å². The molecule has 1 fully saturated rings. The fourth-order valence-electron chi connectivity index (χ4n) is 3.81. The van der Waals surface area contributed by atoms with Crippen LogP contribution in [0, 0.1) is 5.92 Å². The summed E-state index contributed by atoms with van der Waals surface area (Å²) in [6.07, 6.45) is 6.12. The first-order valence-electron chi connectivity index (χ1n) is 9.06. The number of nitrogens with zero attached hydrogens (tertiary/aromatic N) is 2. The zero-order valence-electron chi connectivity index (χ0n) is 14.9. The molecule has 1 aliphatic heterocycles. The molecule has 2 atom stereocenters. The maximum atomic E-state index is 5.99. The van der Waals surface area contributed by atoms with Crippen molar-refractivity contribution in [1.82, 2.24) is 15.1 Å². The molecule has 0 radical (unpaired) electrons. The van der Waals surface area contributed by atoms with E-state index >= 15 is 0 Å². The third-order valence-electron chi connectivity index (χ3n) is 5.08. The van der Waals surface area contributed by atoms with Crippen LogP contribution in [0.4, 0.5) is 0 Å². The quantitative estimate of drug-likeness (QED) is 0.745. The second-order valence-electron chi connectivity index (χ2n) is 6.77. The number of rotatable bonds is 6. The smallest absolute Gasteiger partial charge is 0.134 e. The molecule has 0 amide bonds. The highest BCUT2D eigenvalue weighted by atomic mass is 16.5. The summed E-state index contributed by atoms with van der Waals surface area (Å²) in [5.41, 5.74) is 3.44. The zero-order chi connectivity index (χ0) is 17.2.